The first-order valence-electron chi connectivity index (χ1n) is 46.9. The van der Waals surface area contributed by atoms with Crippen molar-refractivity contribution in [3.63, 3.8) is 0 Å². The topological polar surface area (TPSA) is 150 Å². The summed E-state index contributed by atoms with van der Waals surface area (Å²) < 4.78 is 89.0. The average Bonchev–Trinajstić information content (AvgIpc) is 1.60. The second kappa shape index (κ2) is 32.7. The molecule has 15 aromatic carbocycles. The highest BCUT2D eigenvalue weighted by molar-refractivity contribution is 6.19. The van der Waals surface area contributed by atoms with E-state index < -0.39 is 13.7 Å². The molecule has 636 valence electrons. The molecule has 15 heteroatoms. The molecule has 0 bridgehead atoms. The van der Waals surface area contributed by atoms with E-state index in [9.17, 15) is 0 Å². The lowest BCUT2D eigenvalue weighted by Gasteiger charge is -2.10. The van der Waals surface area contributed by atoms with Gasteiger partial charge in [-0.15, -0.1) is 0 Å². The third kappa shape index (κ3) is 14.5. The summed E-state index contributed by atoms with van der Waals surface area (Å²) in [7, 11) is 9.83. The van der Waals surface area contributed by atoms with Crippen molar-refractivity contribution >= 4 is 164 Å². The van der Waals surface area contributed by atoms with Gasteiger partial charge in [-0.05, 0) is 233 Å². The van der Waals surface area contributed by atoms with Gasteiger partial charge < -0.3 is 22.1 Å². The van der Waals surface area contributed by atoms with Crippen LogP contribution in [0.3, 0.4) is 0 Å². The number of fused-ring (bicyclic) bond motifs is 20. The van der Waals surface area contributed by atoms with E-state index in [1.807, 2.05) is 158 Å². The maximum atomic E-state index is 8.12. The monoisotopic (exact) mass is 1720 g/mol. The number of benzene rings is 15. The smallest absolute Gasteiger partial charge is 0.286 e. The Labute approximate surface area is 765 Å². The van der Waals surface area contributed by atoms with Gasteiger partial charge >= 0.3 is 0 Å². The van der Waals surface area contributed by atoms with Crippen molar-refractivity contribution in [2.45, 2.75) is 76.0 Å². The van der Waals surface area contributed by atoms with Gasteiger partial charge in [-0.2, -0.15) is 4.57 Å². The highest BCUT2D eigenvalue weighted by Crippen LogP contribution is 2.46. The Bertz CT molecular complexity index is 9310. The van der Waals surface area contributed by atoms with Gasteiger partial charge in [0.15, 0.2) is 17.6 Å². The van der Waals surface area contributed by atoms with Crippen molar-refractivity contribution in [3.8, 4) is 56.3 Å². The van der Waals surface area contributed by atoms with Crippen molar-refractivity contribution in [1.29, 1.82) is 0 Å². The zero-order chi connectivity index (χ0) is 95.1. The van der Waals surface area contributed by atoms with Gasteiger partial charge in [0.2, 0.25) is 5.69 Å². The normalized spacial score (nSPS) is 12.5. The standard InChI is InChI=1S/C24H21N2O.4C23H19N2O/c1-14-9-20-19-11-17-7-5-6-8-18(17)12-22(19)27-24(20)23(16(14)3)21-10-15(2)25-13-26(21)4;1-14-10-19-18-11-16-6-4-5-7-17(16)12-21(18)26-23(19)22(15(14)2)20-8-9-24-13-25(20)3;1-14-10-15(2)22(19-8-9-24-13-25(19)3)23-21(14)18-11-16-6-4-5-7-17(16)12-20(18)26-23;1-14-8-9-18-19-10-16-6-4-5-7-17(16)11-21(19)26-23(18)22(14)20-12-24-15(2)13-25(20)3;1-14-8-9-18-19-11-16-6-4-5-7-17(16)12-21(19)26-23(18)22(14)20-10-15(2)24-13-25(20)3/h5-13H,1-4H3;4*4-13H,1-3H3/q5*+1/i;;1D3;2D3;. The number of furan rings is 5. The Balaban J connectivity index is 0.000000102. The molecule has 15 nitrogen and oxygen atoms in total. The predicted molar refractivity (Wildman–Crippen MR) is 530 cm³/mol. The van der Waals surface area contributed by atoms with Crippen LogP contribution in [-0.4, -0.2) is 24.9 Å². The van der Waals surface area contributed by atoms with E-state index in [2.05, 4.69) is 251 Å². The van der Waals surface area contributed by atoms with Gasteiger partial charge in [0.25, 0.3) is 25.3 Å². The molecule has 0 saturated heterocycles. The second-order valence-electron chi connectivity index (χ2n) is 34.7. The molecule has 10 heterocycles. The third-order valence-electron chi connectivity index (χ3n) is 26.0. The Kier molecular flexibility index (Phi) is 18.8. The van der Waals surface area contributed by atoms with E-state index in [0.29, 0.717) is 22.1 Å². The molecule has 0 unspecified atom stereocenters. The SMILES string of the molecule is Cc1cc(-c2c(C)c(C)cc3c2oc2cc4ccccc4cc23)[n+](C)cn1.Cc1cc(-c2c(C)ccc3c2oc2cc4ccccc4cc23)[n+](C)cn1.Cc1cc2c(oc3cc4ccccc4cc32)c(-c2ccnc[n+]2C)c1C.[2H]C([2H])([2H])c1c[n+](C)c(-c2c(C)ccc3c2oc2cc4ccccc4cc23)cn1.[2H]C([2H])([2H])c1cc(C)c(-c2ccnc[n+]2C)c2oc3cc4ccccc4cc3c12. The molecule has 0 aliphatic carbocycles. The fourth-order valence-electron chi connectivity index (χ4n) is 19.0. The minimum atomic E-state index is -2.25. The summed E-state index contributed by atoms with van der Waals surface area (Å²) in [5.74, 6) is 0. The maximum absolute atomic E-state index is 8.12. The van der Waals surface area contributed by atoms with Gasteiger partial charge in [0, 0.05) is 100 Å². The molecule has 0 atom stereocenters. The molecular weight excluding hydrogens is 1610 g/mol. The Hall–Kier alpha value is -16.0. The fraction of sp³-hybridized carbons (Fsp3) is 0.138. The summed E-state index contributed by atoms with van der Waals surface area (Å²) in [6.45, 7) is 14.3. The molecule has 0 amide bonds. The van der Waals surface area contributed by atoms with Crippen LogP contribution in [0.1, 0.15) is 69.8 Å². The lowest BCUT2D eigenvalue weighted by molar-refractivity contribution is -0.663. The Morgan fingerprint density at radius 2 is 0.580 bits per heavy atom. The minimum Gasteiger partial charge on any atom is -0.455 e. The summed E-state index contributed by atoms with van der Waals surface area (Å²) in [5, 5.41) is 22.3. The summed E-state index contributed by atoms with van der Waals surface area (Å²) >= 11 is 0. The Morgan fingerprint density at radius 3 is 0.977 bits per heavy atom. The largest absolute Gasteiger partial charge is 0.455 e. The molecule has 0 aliphatic rings. The van der Waals surface area contributed by atoms with Crippen LogP contribution in [0.25, 0.3) is 220 Å². The number of hydrogen-bond donors (Lipinski definition) is 0. The molecule has 0 radical (unpaired) electrons. The fourth-order valence-corrected chi connectivity index (χ4v) is 19.0. The molecular formula is C116H97N10O5+5. The van der Waals surface area contributed by atoms with Crippen LogP contribution in [-0.2, 0) is 35.2 Å². The average molecular weight is 1720 g/mol. The van der Waals surface area contributed by atoms with Gasteiger partial charge in [0.1, 0.15) is 104 Å². The Morgan fingerprint density at radius 1 is 0.244 bits per heavy atom. The van der Waals surface area contributed by atoms with E-state index in [4.69, 9.17) is 30.3 Å². The van der Waals surface area contributed by atoms with E-state index in [1.165, 1.54) is 87.1 Å². The van der Waals surface area contributed by atoms with Crippen molar-refractivity contribution in [2.75, 3.05) is 0 Å². The zero-order valence-corrected chi connectivity index (χ0v) is 75.3. The van der Waals surface area contributed by atoms with E-state index in [1.54, 1.807) is 35.6 Å². The lowest BCUT2D eigenvalue weighted by Crippen LogP contribution is -2.31. The number of hydrogen-bond acceptors (Lipinski definition) is 10. The molecule has 0 fully saturated rings. The van der Waals surface area contributed by atoms with Crippen LogP contribution in [0.15, 0.2) is 321 Å². The van der Waals surface area contributed by atoms with Crippen LogP contribution in [0.2, 0.25) is 0 Å². The lowest BCUT2D eigenvalue weighted by atomic mass is 9.96. The number of aromatic nitrogens is 10. The van der Waals surface area contributed by atoms with Gasteiger partial charge in [0.05, 0.1) is 62.2 Å². The number of nitrogens with zero attached hydrogens (tertiary/aromatic N) is 10. The summed E-state index contributed by atoms with van der Waals surface area (Å²) in [5.41, 5.74) is 29.3. The van der Waals surface area contributed by atoms with Crippen LogP contribution in [0, 0.1) is 76.0 Å². The molecule has 10 aromatic heterocycles. The van der Waals surface area contributed by atoms with Crippen molar-refractivity contribution in [3.05, 3.63) is 360 Å². The quantitative estimate of drug-likeness (QED) is 0.152. The van der Waals surface area contributed by atoms with Crippen molar-refractivity contribution in [2.24, 2.45) is 35.2 Å². The van der Waals surface area contributed by atoms with E-state index in [-0.39, 0.29) is 5.69 Å². The molecule has 0 aliphatic heterocycles. The molecule has 0 saturated carbocycles. The van der Waals surface area contributed by atoms with E-state index >= 15 is 0 Å². The van der Waals surface area contributed by atoms with Crippen molar-refractivity contribution < 1.29 is 53.1 Å². The zero-order valence-electron chi connectivity index (χ0n) is 81.3. The third-order valence-corrected chi connectivity index (χ3v) is 26.0. The first-order valence-corrected chi connectivity index (χ1v) is 43.9. The molecule has 25 aromatic rings. The first kappa shape index (κ1) is 75.2. The number of aryl methyl sites for hydroxylation is 14. The second-order valence-corrected chi connectivity index (χ2v) is 34.7. The molecule has 0 N–H and O–H groups in total. The van der Waals surface area contributed by atoms with Crippen LogP contribution >= 0.6 is 0 Å². The summed E-state index contributed by atoms with van der Waals surface area (Å²) in [6, 6.07) is 85.9. The highest BCUT2D eigenvalue weighted by atomic mass is 16.3. The van der Waals surface area contributed by atoms with Crippen LogP contribution < -0.4 is 22.8 Å². The molecule has 0 spiro atoms. The summed E-state index contributed by atoms with van der Waals surface area (Å²) in [4.78, 5) is 21.4. The van der Waals surface area contributed by atoms with Gasteiger partial charge in [-0.1, -0.05) is 172 Å². The first-order chi connectivity index (χ1) is 65.9. The maximum Gasteiger partial charge on any atom is 0.286 e. The van der Waals surface area contributed by atoms with Gasteiger partial charge in [-0.25, -0.2) is 23.3 Å². The summed E-state index contributed by atoms with van der Waals surface area (Å²) in [6.07, 6.45) is 14.0. The van der Waals surface area contributed by atoms with Crippen molar-refractivity contribution in [1.82, 2.24) is 24.9 Å². The van der Waals surface area contributed by atoms with E-state index in [0.717, 1.165) is 167 Å². The molecule has 25 rings (SSSR count). The number of rotatable bonds is 5. The predicted octanol–water partition coefficient (Wildman–Crippen LogP) is 26.5. The van der Waals surface area contributed by atoms with Crippen LogP contribution in [0.5, 0.6) is 0 Å². The van der Waals surface area contributed by atoms with Gasteiger partial charge in [-0.3, -0.25) is 0 Å². The van der Waals surface area contributed by atoms with Crippen LogP contribution in [0.4, 0.5) is 0 Å². The minimum absolute atomic E-state index is 0.0735. The molecule has 131 heavy (non-hydrogen) atoms. The highest BCUT2D eigenvalue weighted by Gasteiger charge is 2.28.